The molecule has 2 aromatic carbocycles. The molecule has 3 aromatic rings. The Morgan fingerprint density at radius 1 is 0.929 bits per heavy atom. The van der Waals surface area contributed by atoms with Crippen molar-refractivity contribution in [1.29, 1.82) is 0 Å². The third-order valence-corrected chi connectivity index (χ3v) is 8.12. The van der Waals surface area contributed by atoms with Crippen molar-refractivity contribution in [1.82, 2.24) is 4.98 Å². The molecule has 0 unspecified atom stereocenters. The molecule has 0 atom stereocenters. The first-order chi connectivity index (χ1) is 13.9. The average Bonchev–Trinajstić information content (AvgIpc) is 3.18. The summed E-state index contributed by atoms with van der Waals surface area (Å²) in [6.45, 7) is 3.34. The van der Waals surface area contributed by atoms with Crippen molar-refractivity contribution in [2.75, 3.05) is 31.2 Å². The fourth-order valence-electron chi connectivity index (χ4n) is 3.75. The number of hydrogen-bond acceptors (Lipinski definition) is 4. The van der Waals surface area contributed by atoms with Gasteiger partial charge in [0.2, 0.25) is 0 Å². The second kappa shape index (κ2) is 8.05. The van der Waals surface area contributed by atoms with E-state index in [2.05, 4.69) is 70.5 Å². The van der Waals surface area contributed by atoms with E-state index in [4.69, 9.17) is 7.95 Å². The number of morpholine rings is 1. The molecule has 4 nitrogen and oxygen atoms in total. The van der Waals surface area contributed by atoms with Gasteiger partial charge in [-0.2, -0.15) is 0 Å². The summed E-state index contributed by atoms with van der Waals surface area (Å²) < 4.78 is 12.0. The first-order valence-corrected chi connectivity index (χ1v) is 12.4. The van der Waals surface area contributed by atoms with E-state index < -0.39 is 21.4 Å². The molecule has 5 rings (SSSR count). The van der Waals surface area contributed by atoms with Gasteiger partial charge < -0.3 is 0 Å². The van der Waals surface area contributed by atoms with Crippen molar-refractivity contribution in [3.8, 4) is 0 Å². The molecular weight excluding hydrogens is 453 g/mol. The predicted molar refractivity (Wildman–Crippen MR) is 114 cm³/mol. The third kappa shape index (κ3) is 3.71. The van der Waals surface area contributed by atoms with Crippen LogP contribution in [-0.4, -0.2) is 58.4 Å². The number of benzene rings is 2. The van der Waals surface area contributed by atoms with Gasteiger partial charge in [0.05, 0.1) is 0 Å². The molecular formula is C23H21N3OSn. The summed E-state index contributed by atoms with van der Waals surface area (Å²) in [4.78, 5) is 6.89. The minimum atomic E-state index is -0.888. The number of aromatic nitrogens is 1. The van der Waals surface area contributed by atoms with E-state index in [1.54, 1.807) is 0 Å². The molecule has 2 aliphatic heterocycles. The first kappa shape index (κ1) is 17.9. The second-order valence-corrected chi connectivity index (χ2v) is 9.93. The quantitative estimate of drug-likeness (QED) is 0.546. The van der Waals surface area contributed by atoms with Gasteiger partial charge in [0.25, 0.3) is 0 Å². The zero-order valence-electron chi connectivity index (χ0n) is 15.6. The van der Waals surface area contributed by atoms with Crippen LogP contribution in [0.5, 0.6) is 0 Å². The Kier molecular flexibility index (Phi) is 5.14. The Morgan fingerprint density at radius 2 is 1.79 bits per heavy atom. The van der Waals surface area contributed by atoms with Crippen LogP contribution in [0.25, 0.3) is 0 Å². The van der Waals surface area contributed by atoms with Crippen molar-refractivity contribution in [2.45, 2.75) is 6.42 Å². The van der Waals surface area contributed by atoms with Crippen molar-refractivity contribution in [3.63, 3.8) is 0 Å². The summed E-state index contributed by atoms with van der Waals surface area (Å²) >= 11 is -0.888. The summed E-state index contributed by atoms with van der Waals surface area (Å²) in [6, 6.07) is 21.9. The van der Waals surface area contributed by atoms with Crippen molar-refractivity contribution >= 4 is 36.5 Å². The molecule has 138 valence electrons. The van der Waals surface area contributed by atoms with Gasteiger partial charge in [0, 0.05) is 0 Å². The Bertz CT molecular complexity index is 1010. The van der Waals surface area contributed by atoms with Gasteiger partial charge in [-0.15, -0.1) is 0 Å². The van der Waals surface area contributed by atoms with E-state index in [9.17, 15) is 0 Å². The van der Waals surface area contributed by atoms with Crippen LogP contribution in [0.1, 0.15) is 22.3 Å². The molecule has 2 aliphatic rings. The van der Waals surface area contributed by atoms with Crippen molar-refractivity contribution < 1.29 is 4.74 Å². The van der Waals surface area contributed by atoms with Crippen LogP contribution < -0.4 is 8.48 Å². The summed E-state index contributed by atoms with van der Waals surface area (Å²) in [5, 5.41) is 0. The normalized spacial score (nSPS) is 16.0. The molecule has 0 spiro atoms. The zero-order chi connectivity index (χ0) is 18.8. The van der Waals surface area contributed by atoms with Crippen LogP contribution >= 0.6 is 0 Å². The monoisotopic (exact) mass is 475 g/mol. The Labute approximate surface area is 175 Å². The van der Waals surface area contributed by atoms with Gasteiger partial charge in [-0.25, -0.2) is 0 Å². The van der Waals surface area contributed by atoms with E-state index >= 15 is 0 Å². The number of rotatable bonds is 4. The van der Waals surface area contributed by atoms with Gasteiger partial charge in [-0.1, -0.05) is 0 Å². The van der Waals surface area contributed by atoms with Crippen molar-refractivity contribution in [3.05, 3.63) is 89.1 Å². The number of ether oxygens (including phenoxy) is 1. The third-order valence-electron chi connectivity index (χ3n) is 5.23. The fraction of sp³-hybridized carbons (Fsp3) is 0.217. The SMILES string of the molecule is c1ccc(Cc2cc[c]3c(c2)C(c2ccnc(N4CCOCC4)c2)=[N][Sn]3)cc1. The van der Waals surface area contributed by atoms with E-state index in [-0.39, 0.29) is 0 Å². The summed E-state index contributed by atoms with van der Waals surface area (Å²) in [5.74, 6) is 1.03. The number of hydrogen-bond donors (Lipinski definition) is 0. The van der Waals surface area contributed by atoms with Gasteiger partial charge in [-0.3, -0.25) is 0 Å². The summed E-state index contributed by atoms with van der Waals surface area (Å²) in [7, 11) is 0. The van der Waals surface area contributed by atoms with Crippen LogP contribution in [0.2, 0.25) is 0 Å². The Hall–Kier alpha value is -2.18. The summed E-state index contributed by atoms with van der Waals surface area (Å²) in [6.07, 6.45) is 2.88. The maximum atomic E-state index is 5.47. The van der Waals surface area contributed by atoms with Crippen LogP contribution in [0.3, 0.4) is 0 Å². The van der Waals surface area contributed by atoms with Crippen LogP contribution in [0.4, 0.5) is 5.82 Å². The Balaban J connectivity index is 1.43. The van der Waals surface area contributed by atoms with Gasteiger partial charge in [-0.05, 0) is 0 Å². The van der Waals surface area contributed by atoms with Crippen LogP contribution in [-0.2, 0) is 11.2 Å². The molecule has 2 radical (unpaired) electrons. The topological polar surface area (TPSA) is 37.7 Å². The van der Waals surface area contributed by atoms with E-state index in [0.29, 0.717) is 0 Å². The molecule has 0 N–H and O–H groups in total. The number of fused-ring (bicyclic) bond motifs is 1. The molecule has 0 amide bonds. The van der Waals surface area contributed by atoms with Crippen LogP contribution in [0.15, 0.2) is 70.1 Å². The molecule has 0 saturated carbocycles. The summed E-state index contributed by atoms with van der Waals surface area (Å²) in [5.41, 5.74) is 6.37. The standard InChI is InChI=1S/C23H21N3O.Sn/c24-23(21-9-10-25-22(17-21)26-11-13-27-14-12-26)20-8-4-7-19(16-20)15-18-5-2-1-3-6-18;/h1-7,9-10,16-17H,11-15H2;/q-1;+1. The van der Waals surface area contributed by atoms with E-state index in [0.717, 1.165) is 44.3 Å². The second-order valence-electron chi connectivity index (χ2n) is 7.12. The van der Waals surface area contributed by atoms with Gasteiger partial charge >= 0.3 is 176 Å². The molecule has 5 heteroatoms. The van der Waals surface area contributed by atoms with Crippen molar-refractivity contribution in [2.24, 2.45) is 3.21 Å². The van der Waals surface area contributed by atoms with Crippen LogP contribution in [0, 0.1) is 0 Å². The maximum absolute atomic E-state index is 5.47. The minimum absolute atomic E-state index is 0.771. The molecule has 0 aliphatic carbocycles. The fourth-order valence-corrected chi connectivity index (χ4v) is 6.47. The first-order valence-electron chi connectivity index (χ1n) is 9.67. The van der Waals surface area contributed by atoms with E-state index in [1.165, 1.54) is 25.8 Å². The molecule has 3 heterocycles. The predicted octanol–water partition coefficient (Wildman–Crippen LogP) is 2.60. The molecule has 1 saturated heterocycles. The number of pyridine rings is 1. The average molecular weight is 474 g/mol. The molecule has 0 bridgehead atoms. The molecule has 28 heavy (non-hydrogen) atoms. The number of anilines is 1. The zero-order valence-corrected chi connectivity index (χ0v) is 18.5. The number of nitrogens with zero attached hydrogens (tertiary/aromatic N) is 3. The molecule has 1 aromatic heterocycles. The van der Waals surface area contributed by atoms with Gasteiger partial charge in [0.1, 0.15) is 0 Å². The molecule has 1 fully saturated rings. The van der Waals surface area contributed by atoms with Gasteiger partial charge in [0.15, 0.2) is 0 Å². The Morgan fingerprint density at radius 3 is 2.64 bits per heavy atom. The van der Waals surface area contributed by atoms with E-state index in [1.807, 2.05) is 6.20 Å².